The van der Waals surface area contributed by atoms with Crippen molar-refractivity contribution in [2.45, 2.75) is 26.6 Å². The van der Waals surface area contributed by atoms with Gasteiger partial charge in [0.1, 0.15) is 0 Å². The summed E-state index contributed by atoms with van der Waals surface area (Å²) >= 11 is 0. The highest BCUT2D eigenvalue weighted by Crippen LogP contribution is 2.35. The molecule has 3 aromatic carbocycles. The molecule has 3 rings (SSSR count). The molecule has 0 atom stereocenters. The van der Waals surface area contributed by atoms with Crippen molar-refractivity contribution >= 4 is 17.1 Å². The summed E-state index contributed by atoms with van der Waals surface area (Å²) in [6, 6.07) is 25.8. The monoisotopic (exact) mass is 361 g/mol. The highest BCUT2D eigenvalue weighted by molar-refractivity contribution is 5.76. The van der Waals surface area contributed by atoms with Gasteiger partial charge in [-0.1, -0.05) is 43.3 Å². The van der Waals surface area contributed by atoms with Gasteiger partial charge >= 0.3 is 0 Å². The number of rotatable bonds is 8. The van der Waals surface area contributed by atoms with E-state index in [1.54, 1.807) is 14.2 Å². The lowest BCUT2D eigenvalue weighted by molar-refractivity contribution is 0.185. The number of ether oxygens (including phenoxy) is 2. The predicted molar refractivity (Wildman–Crippen MR) is 112 cm³/mol. The molecule has 0 saturated carbocycles. The van der Waals surface area contributed by atoms with Gasteiger partial charge in [-0.2, -0.15) is 0 Å². The quantitative estimate of drug-likeness (QED) is 0.490. The molecule has 0 amide bonds. The van der Waals surface area contributed by atoms with Crippen LogP contribution in [-0.2, 0) is 29.1 Å². The second kappa shape index (κ2) is 9.36. The third-order valence-electron chi connectivity index (χ3n) is 4.61. The van der Waals surface area contributed by atoms with Crippen LogP contribution in [0.2, 0.25) is 0 Å². The number of methoxy groups -OCH3 is 2. The van der Waals surface area contributed by atoms with Crippen LogP contribution in [-0.4, -0.2) is 14.2 Å². The molecular formula is C24H27NO2. The minimum Gasteiger partial charge on any atom is -0.380 e. The van der Waals surface area contributed by atoms with Gasteiger partial charge in [0.2, 0.25) is 0 Å². The molecule has 0 aliphatic heterocycles. The van der Waals surface area contributed by atoms with Crippen molar-refractivity contribution in [3.63, 3.8) is 0 Å². The summed E-state index contributed by atoms with van der Waals surface area (Å²) in [5.74, 6) is 0. The fourth-order valence-electron chi connectivity index (χ4n) is 3.14. The lowest BCUT2D eigenvalue weighted by atomic mass is 10.1. The van der Waals surface area contributed by atoms with Gasteiger partial charge in [0.25, 0.3) is 0 Å². The number of hydrogen-bond acceptors (Lipinski definition) is 3. The average molecular weight is 361 g/mol. The van der Waals surface area contributed by atoms with E-state index in [1.807, 2.05) is 0 Å². The average Bonchev–Trinajstić information content (AvgIpc) is 2.72. The Balaban J connectivity index is 1.99. The molecule has 140 valence electrons. The Bertz CT molecular complexity index is 774. The van der Waals surface area contributed by atoms with E-state index in [0.29, 0.717) is 13.2 Å². The molecule has 0 heterocycles. The van der Waals surface area contributed by atoms with E-state index in [9.17, 15) is 0 Å². The summed E-state index contributed by atoms with van der Waals surface area (Å²) in [6.07, 6.45) is 1.04. The highest BCUT2D eigenvalue weighted by atomic mass is 16.5. The zero-order valence-corrected chi connectivity index (χ0v) is 16.3. The predicted octanol–water partition coefficient (Wildman–Crippen LogP) is 6.01. The summed E-state index contributed by atoms with van der Waals surface area (Å²) in [6.45, 7) is 3.42. The first-order chi connectivity index (χ1) is 13.2. The van der Waals surface area contributed by atoms with Gasteiger partial charge in [-0.05, 0) is 59.5 Å². The Morgan fingerprint density at radius 3 is 1.19 bits per heavy atom. The zero-order chi connectivity index (χ0) is 19.1. The summed E-state index contributed by atoms with van der Waals surface area (Å²) in [5.41, 5.74) is 7.06. The maximum absolute atomic E-state index is 5.23. The van der Waals surface area contributed by atoms with Crippen LogP contribution in [0.5, 0.6) is 0 Å². The van der Waals surface area contributed by atoms with E-state index >= 15 is 0 Å². The first-order valence-corrected chi connectivity index (χ1v) is 9.30. The van der Waals surface area contributed by atoms with Crippen LogP contribution >= 0.6 is 0 Å². The maximum Gasteiger partial charge on any atom is 0.0713 e. The SMILES string of the molecule is CCc1ccc(N(c2ccc(COC)cc2)c2ccc(COC)cc2)cc1. The minimum absolute atomic E-state index is 0.622. The molecule has 0 bridgehead atoms. The largest absolute Gasteiger partial charge is 0.380 e. The first kappa shape index (κ1) is 19.2. The summed E-state index contributed by atoms with van der Waals surface area (Å²) in [5, 5.41) is 0. The van der Waals surface area contributed by atoms with Crippen molar-refractivity contribution < 1.29 is 9.47 Å². The smallest absolute Gasteiger partial charge is 0.0713 e. The second-order valence-corrected chi connectivity index (χ2v) is 6.55. The lowest BCUT2D eigenvalue weighted by Crippen LogP contribution is -2.10. The van der Waals surface area contributed by atoms with E-state index in [4.69, 9.17) is 9.47 Å². The molecule has 0 aliphatic rings. The Hall–Kier alpha value is -2.62. The molecular weight excluding hydrogens is 334 g/mol. The van der Waals surface area contributed by atoms with E-state index in [2.05, 4.69) is 84.6 Å². The van der Waals surface area contributed by atoms with Gasteiger partial charge in [-0.3, -0.25) is 0 Å². The Kier molecular flexibility index (Phi) is 6.64. The molecule has 3 heteroatoms. The normalized spacial score (nSPS) is 10.8. The van der Waals surface area contributed by atoms with Gasteiger partial charge in [-0.15, -0.1) is 0 Å². The summed E-state index contributed by atoms with van der Waals surface area (Å²) in [7, 11) is 3.44. The lowest BCUT2D eigenvalue weighted by Gasteiger charge is -2.26. The third-order valence-corrected chi connectivity index (χ3v) is 4.61. The number of hydrogen-bond donors (Lipinski definition) is 0. The van der Waals surface area contributed by atoms with Crippen LogP contribution in [0.1, 0.15) is 23.6 Å². The van der Waals surface area contributed by atoms with Gasteiger partial charge in [0, 0.05) is 31.3 Å². The number of benzene rings is 3. The van der Waals surface area contributed by atoms with E-state index in [-0.39, 0.29) is 0 Å². The van der Waals surface area contributed by atoms with E-state index < -0.39 is 0 Å². The zero-order valence-electron chi connectivity index (χ0n) is 16.3. The maximum atomic E-state index is 5.23. The minimum atomic E-state index is 0.622. The molecule has 0 spiro atoms. The summed E-state index contributed by atoms with van der Waals surface area (Å²) in [4.78, 5) is 2.27. The van der Waals surface area contributed by atoms with Crippen LogP contribution in [0, 0.1) is 0 Å². The van der Waals surface area contributed by atoms with Crippen LogP contribution in [0.25, 0.3) is 0 Å². The van der Waals surface area contributed by atoms with Gasteiger partial charge in [0.05, 0.1) is 13.2 Å². The number of nitrogens with zero attached hydrogens (tertiary/aromatic N) is 1. The molecule has 0 N–H and O–H groups in total. The van der Waals surface area contributed by atoms with Crippen molar-refractivity contribution in [1.29, 1.82) is 0 Å². The molecule has 0 aromatic heterocycles. The molecule has 3 aromatic rings. The van der Waals surface area contributed by atoms with Crippen molar-refractivity contribution in [2.24, 2.45) is 0 Å². The van der Waals surface area contributed by atoms with Crippen LogP contribution < -0.4 is 4.90 Å². The molecule has 0 unspecified atom stereocenters. The van der Waals surface area contributed by atoms with Crippen LogP contribution in [0.15, 0.2) is 72.8 Å². The topological polar surface area (TPSA) is 21.7 Å². The highest BCUT2D eigenvalue weighted by Gasteiger charge is 2.12. The van der Waals surface area contributed by atoms with Gasteiger partial charge in [0.15, 0.2) is 0 Å². The molecule has 0 fully saturated rings. The molecule has 0 aliphatic carbocycles. The Morgan fingerprint density at radius 1 is 0.556 bits per heavy atom. The second-order valence-electron chi connectivity index (χ2n) is 6.55. The van der Waals surface area contributed by atoms with Crippen molar-refractivity contribution in [3.05, 3.63) is 89.5 Å². The summed E-state index contributed by atoms with van der Waals surface area (Å²) < 4.78 is 10.5. The number of aryl methyl sites for hydroxylation is 1. The van der Waals surface area contributed by atoms with Crippen molar-refractivity contribution in [1.82, 2.24) is 0 Å². The van der Waals surface area contributed by atoms with Crippen LogP contribution in [0.4, 0.5) is 17.1 Å². The van der Waals surface area contributed by atoms with E-state index in [1.165, 1.54) is 5.56 Å². The third kappa shape index (κ3) is 4.76. The standard InChI is InChI=1S/C24H27NO2/c1-4-19-5-11-22(12-6-19)25(23-13-7-20(8-14-23)17-26-2)24-15-9-21(10-16-24)18-27-3/h5-16H,4,17-18H2,1-3H3. The van der Waals surface area contributed by atoms with Gasteiger partial charge in [-0.25, -0.2) is 0 Å². The Labute approximate surface area is 162 Å². The first-order valence-electron chi connectivity index (χ1n) is 9.30. The molecule has 27 heavy (non-hydrogen) atoms. The fourth-order valence-corrected chi connectivity index (χ4v) is 3.14. The van der Waals surface area contributed by atoms with Gasteiger partial charge < -0.3 is 14.4 Å². The van der Waals surface area contributed by atoms with Crippen molar-refractivity contribution in [2.75, 3.05) is 19.1 Å². The van der Waals surface area contributed by atoms with E-state index in [0.717, 1.165) is 34.6 Å². The molecule has 0 saturated heterocycles. The molecule has 3 nitrogen and oxygen atoms in total. The van der Waals surface area contributed by atoms with Crippen LogP contribution in [0.3, 0.4) is 0 Å². The number of anilines is 3. The fraction of sp³-hybridized carbons (Fsp3) is 0.250. The molecule has 0 radical (unpaired) electrons. The van der Waals surface area contributed by atoms with Crippen molar-refractivity contribution in [3.8, 4) is 0 Å². The Morgan fingerprint density at radius 2 is 0.889 bits per heavy atom.